The largest absolute Gasteiger partial charge is 0.506 e. The number of carbonyl (C=O) groups is 2. The smallest absolute Gasteiger partial charge is 0.261 e. The van der Waals surface area contributed by atoms with Crippen molar-refractivity contribution < 1.29 is 14.7 Å². The summed E-state index contributed by atoms with van der Waals surface area (Å²) in [5.74, 6) is -0.956. The van der Waals surface area contributed by atoms with Crippen LogP contribution in [-0.2, 0) is 6.54 Å². The Hall–Kier alpha value is -2.63. The topological polar surface area (TPSA) is 70.5 Å². The number of halogens is 2. The zero-order chi connectivity index (χ0) is 17.7. The fourth-order valence-corrected chi connectivity index (χ4v) is 3.28. The standard InChI is InChI=1S/C18H10Cl2N2O3/c19-12-3-1-9(7-13(12)20)8-22-17(24)10-2-4-14(23)16-15(10)11(18(22)25)5-6-21-16/h1-7,23H,8H2. The number of aromatic hydroxyl groups is 1. The lowest BCUT2D eigenvalue weighted by Gasteiger charge is -2.27. The Kier molecular flexibility index (Phi) is 3.63. The van der Waals surface area contributed by atoms with Gasteiger partial charge in [0.25, 0.3) is 11.8 Å². The number of rotatable bonds is 2. The van der Waals surface area contributed by atoms with E-state index in [9.17, 15) is 14.7 Å². The summed E-state index contributed by atoms with van der Waals surface area (Å²) in [5, 5.41) is 11.1. The maximum atomic E-state index is 12.8. The van der Waals surface area contributed by atoms with E-state index in [2.05, 4.69) is 4.98 Å². The molecule has 2 amide bonds. The fourth-order valence-electron chi connectivity index (χ4n) is 2.96. The minimum Gasteiger partial charge on any atom is -0.506 e. The molecule has 0 saturated heterocycles. The van der Waals surface area contributed by atoms with Gasteiger partial charge in [-0.1, -0.05) is 29.3 Å². The molecule has 1 N–H and O–H groups in total. The molecule has 25 heavy (non-hydrogen) atoms. The average molecular weight is 373 g/mol. The van der Waals surface area contributed by atoms with E-state index in [1.54, 1.807) is 24.3 Å². The normalized spacial score (nSPS) is 13.6. The molecule has 0 radical (unpaired) electrons. The lowest BCUT2D eigenvalue weighted by molar-refractivity contribution is 0.0598. The lowest BCUT2D eigenvalue weighted by atomic mass is 9.96. The summed E-state index contributed by atoms with van der Waals surface area (Å²) < 4.78 is 0. The molecule has 4 rings (SSSR count). The van der Waals surface area contributed by atoms with Gasteiger partial charge in [0, 0.05) is 11.6 Å². The zero-order valence-corrected chi connectivity index (χ0v) is 14.2. The van der Waals surface area contributed by atoms with E-state index in [-0.39, 0.29) is 17.8 Å². The predicted octanol–water partition coefficient (Wildman–Crippen LogP) is 4.04. The van der Waals surface area contributed by atoms with Crippen molar-refractivity contribution in [1.82, 2.24) is 9.88 Å². The number of pyridine rings is 1. The third kappa shape index (κ3) is 2.44. The molecule has 5 nitrogen and oxygen atoms in total. The first-order valence-corrected chi connectivity index (χ1v) is 8.14. The fraction of sp³-hybridized carbons (Fsp3) is 0.0556. The van der Waals surface area contributed by atoms with Crippen LogP contribution in [0.15, 0.2) is 42.6 Å². The van der Waals surface area contributed by atoms with Gasteiger partial charge in [-0.25, -0.2) is 0 Å². The van der Waals surface area contributed by atoms with E-state index in [1.807, 2.05) is 0 Å². The predicted molar refractivity (Wildman–Crippen MR) is 94.1 cm³/mol. The van der Waals surface area contributed by atoms with Crippen LogP contribution in [-0.4, -0.2) is 26.8 Å². The number of phenols is 1. The van der Waals surface area contributed by atoms with E-state index in [4.69, 9.17) is 23.2 Å². The molecule has 0 saturated carbocycles. The van der Waals surface area contributed by atoms with Gasteiger partial charge in [0.15, 0.2) is 0 Å². The molecule has 0 unspecified atom stereocenters. The molecule has 0 aliphatic carbocycles. The molecular formula is C18H10Cl2N2O3. The van der Waals surface area contributed by atoms with Crippen molar-refractivity contribution in [3.05, 3.63) is 69.3 Å². The summed E-state index contributed by atoms with van der Waals surface area (Å²) in [4.78, 5) is 30.9. The number of imide groups is 1. The Bertz CT molecular complexity index is 1040. The van der Waals surface area contributed by atoms with Crippen LogP contribution in [0.4, 0.5) is 0 Å². The number of aromatic nitrogens is 1. The maximum Gasteiger partial charge on any atom is 0.261 e. The first kappa shape index (κ1) is 15.9. The highest BCUT2D eigenvalue weighted by molar-refractivity contribution is 6.42. The van der Waals surface area contributed by atoms with Crippen LogP contribution < -0.4 is 0 Å². The Labute approximate surface area is 152 Å². The van der Waals surface area contributed by atoms with Crippen LogP contribution in [0.2, 0.25) is 10.0 Å². The van der Waals surface area contributed by atoms with Gasteiger partial charge in [0.2, 0.25) is 0 Å². The Balaban J connectivity index is 1.82. The van der Waals surface area contributed by atoms with E-state index in [1.165, 1.54) is 18.3 Å². The molecule has 0 atom stereocenters. The molecule has 7 heteroatoms. The van der Waals surface area contributed by atoms with Crippen molar-refractivity contribution in [3.63, 3.8) is 0 Å². The second kappa shape index (κ2) is 5.72. The molecule has 0 spiro atoms. The van der Waals surface area contributed by atoms with E-state index >= 15 is 0 Å². The van der Waals surface area contributed by atoms with Gasteiger partial charge in [-0.15, -0.1) is 0 Å². The minimum absolute atomic E-state index is 0.0681. The van der Waals surface area contributed by atoms with Crippen LogP contribution >= 0.6 is 23.2 Å². The van der Waals surface area contributed by atoms with Crippen molar-refractivity contribution in [2.24, 2.45) is 0 Å². The SMILES string of the molecule is O=C1c2ccnc3c(O)ccc(c23)C(=O)N1Cc1ccc(Cl)c(Cl)c1. The van der Waals surface area contributed by atoms with Gasteiger partial charge >= 0.3 is 0 Å². The van der Waals surface area contributed by atoms with Crippen LogP contribution in [0.25, 0.3) is 10.9 Å². The van der Waals surface area contributed by atoms with E-state index in [0.717, 1.165) is 4.90 Å². The van der Waals surface area contributed by atoms with Gasteiger partial charge in [0.1, 0.15) is 11.3 Å². The summed E-state index contributed by atoms with van der Waals surface area (Å²) in [6.45, 7) is 0.0681. The van der Waals surface area contributed by atoms with E-state index in [0.29, 0.717) is 32.1 Å². The number of amides is 2. The van der Waals surface area contributed by atoms with Crippen molar-refractivity contribution in [2.45, 2.75) is 6.54 Å². The first-order chi connectivity index (χ1) is 12.0. The molecule has 3 aromatic rings. The maximum absolute atomic E-state index is 12.8. The zero-order valence-electron chi connectivity index (χ0n) is 12.7. The van der Waals surface area contributed by atoms with Crippen LogP contribution in [0, 0.1) is 0 Å². The molecule has 2 aromatic carbocycles. The van der Waals surface area contributed by atoms with Crippen molar-refractivity contribution in [1.29, 1.82) is 0 Å². The average Bonchev–Trinajstić information content (AvgIpc) is 2.61. The number of carbonyl (C=O) groups excluding carboxylic acids is 2. The lowest BCUT2D eigenvalue weighted by Crippen LogP contribution is -2.39. The van der Waals surface area contributed by atoms with Crippen LogP contribution in [0.5, 0.6) is 5.75 Å². The first-order valence-electron chi connectivity index (χ1n) is 7.38. The van der Waals surface area contributed by atoms with Crippen molar-refractivity contribution >= 4 is 45.9 Å². The molecule has 0 fully saturated rings. The summed E-state index contributed by atoms with van der Waals surface area (Å²) in [7, 11) is 0. The molecule has 1 aromatic heterocycles. The van der Waals surface area contributed by atoms with Crippen molar-refractivity contribution in [3.8, 4) is 5.75 Å². The highest BCUT2D eigenvalue weighted by atomic mass is 35.5. The highest BCUT2D eigenvalue weighted by Crippen LogP contribution is 2.34. The summed E-state index contributed by atoms with van der Waals surface area (Å²) >= 11 is 11.9. The van der Waals surface area contributed by atoms with Crippen molar-refractivity contribution in [2.75, 3.05) is 0 Å². The third-order valence-corrected chi connectivity index (χ3v) is 4.89. The second-order valence-electron chi connectivity index (χ2n) is 5.66. The van der Waals surface area contributed by atoms with Gasteiger partial charge < -0.3 is 5.11 Å². The van der Waals surface area contributed by atoms with Gasteiger partial charge in [-0.3, -0.25) is 19.5 Å². The summed E-state index contributed by atoms with van der Waals surface area (Å²) in [6.07, 6.45) is 1.44. The minimum atomic E-state index is -0.443. The number of phenolic OH excluding ortho intramolecular Hbond substituents is 1. The van der Waals surface area contributed by atoms with E-state index < -0.39 is 11.8 Å². The van der Waals surface area contributed by atoms with Crippen LogP contribution in [0.3, 0.4) is 0 Å². The van der Waals surface area contributed by atoms with Gasteiger partial charge in [-0.05, 0) is 35.9 Å². The summed E-state index contributed by atoms with van der Waals surface area (Å²) in [5.41, 5.74) is 1.58. The second-order valence-corrected chi connectivity index (χ2v) is 6.47. The molecule has 124 valence electrons. The Morgan fingerprint density at radius 1 is 0.960 bits per heavy atom. The van der Waals surface area contributed by atoms with Crippen LogP contribution in [0.1, 0.15) is 26.3 Å². The molecule has 0 bridgehead atoms. The number of nitrogens with zero attached hydrogens (tertiary/aromatic N) is 2. The molecular weight excluding hydrogens is 363 g/mol. The quantitative estimate of drug-likeness (QED) is 0.689. The molecule has 2 heterocycles. The Morgan fingerprint density at radius 2 is 1.68 bits per heavy atom. The molecule has 1 aliphatic rings. The highest BCUT2D eigenvalue weighted by Gasteiger charge is 2.33. The monoisotopic (exact) mass is 372 g/mol. The van der Waals surface area contributed by atoms with Gasteiger partial charge in [0.05, 0.1) is 27.7 Å². The number of hydrogen-bond acceptors (Lipinski definition) is 4. The number of benzene rings is 2. The number of hydrogen-bond donors (Lipinski definition) is 1. The third-order valence-electron chi connectivity index (χ3n) is 4.15. The van der Waals surface area contributed by atoms with Gasteiger partial charge in [-0.2, -0.15) is 0 Å². The summed E-state index contributed by atoms with van der Waals surface area (Å²) in [6, 6.07) is 9.40. The Morgan fingerprint density at radius 3 is 2.40 bits per heavy atom. The molecule has 1 aliphatic heterocycles.